The van der Waals surface area contributed by atoms with E-state index < -0.39 is 0 Å². The fraction of sp³-hybridized carbons (Fsp3) is 0.750. The molecule has 19 heavy (non-hydrogen) atoms. The van der Waals surface area contributed by atoms with E-state index in [0.717, 1.165) is 6.54 Å². The van der Waals surface area contributed by atoms with Gasteiger partial charge in [-0.2, -0.15) is 15.0 Å². The lowest BCUT2D eigenvalue weighted by Crippen LogP contribution is -2.20. The minimum atomic E-state index is 0.0163. The Morgan fingerprint density at radius 1 is 1.05 bits per heavy atom. The van der Waals surface area contributed by atoms with E-state index in [9.17, 15) is 0 Å². The van der Waals surface area contributed by atoms with Crippen molar-refractivity contribution in [2.45, 2.75) is 39.9 Å². The van der Waals surface area contributed by atoms with Crippen molar-refractivity contribution in [2.24, 2.45) is 0 Å². The van der Waals surface area contributed by atoms with Crippen LogP contribution in [0.1, 0.15) is 27.7 Å². The van der Waals surface area contributed by atoms with Crippen LogP contribution in [0.2, 0.25) is 0 Å². The molecule has 1 aromatic rings. The van der Waals surface area contributed by atoms with Crippen LogP contribution < -0.4 is 15.4 Å². The molecule has 2 N–H and O–H groups in total. The van der Waals surface area contributed by atoms with E-state index in [4.69, 9.17) is 9.47 Å². The zero-order valence-electron chi connectivity index (χ0n) is 12.2. The highest BCUT2D eigenvalue weighted by Crippen LogP contribution is 2.12. The van der Waals surface area contributed by atoms with Crippen molar-refractivity contribution in [3.05, 3.63) is 0 Å². The van der Waals surface area contributed by atoms with Crippen LogP contribution in [-0.2, 0) is 4.74 Å². The number of hydrogen-bond acceptors (Lipinski definition) is 7. The number of methoxy groups -OCH3 is 1. The number of aromatic nitrogens is 3. The molecule has 0 fully saturated rings. The summed E-state index contributed by atoms with van der Waals surface area (Å²) in [6, 6.07) is 0.313. The molecule has 0 aliphatic heterocycles. The predicted molar refractivity (Wildman–Crippen MR) is 74.7 cm³/mol. The number of hydrogen-bond donors (Lipinski definition) is 2. The fourth-order valence-electron chi connectivity index (χ4n) is 1.25. The summed E-state index contributed by atoms with van der Waals surface area (Å²) in [5, 5.41) is 6.15. The van der Waals surface area contributed by atoms with E-state index >= 15 is 0 Å². The van der Waals surface area contributed by atoms with Gasteiger partial charge in [0.25, 0.3) is 0 Å². The van der Waals surface area contributed by atoms with Gasteiger partial charge in [0.05, 0.1) is 12.2 Å². The van der Waals surface area contributed by atoms with Crippen LogP contribution in [0.15, 0.2) is 0 Å². The lowest BCUT2D eigenvalue weighted by molar-refractivity contribution is 0.128. The van der Waals surface area contributed by atoms with Crippen molar-refractivity contribution in [2.75, 3.05) is 30.8 Å². The molecule has 0 amide bonds. The van der Waals surface area contributed by atoms with Crippen molar-refractivity contribution in [3.63, 3.8) is 0 Å². The second-order valence-electron chi connectivity index (χ2n) is 4.39. The maximum atomic E-state index is 5.50. The van der Waals surface area contributed by atoms with Crippen LogP contribution in [-0.4, -0.2) is 47.4 Å². The zero-order valence-corrected chi connectivity index (χ0v) is 12.2. The number of ether oxygens (including phenoxy) is 2. The number of nitrogens with one attached hydrogen (secondary N) is 2. The smallest absolute Gasteiger partial charge is 0.323 e. The van der Waals surface area contributed by atoms with Gasteiger partial charge in [-0.1, -0.05) is 0 Å². The van der Waals surface area contributed by atoms with Crippen molar-refractivity contribution in [1.82, 2.24) is 15.0 Å². The largest absolute Gasteiger partial charge is 0.461 e. The topological polar surface area (TPSA) is 81.2 Å². The first-order chi connectivity index (χ1) is 9.05. The number of rotatable bonds is 8. The van der Waals surface area contributed by atoms with Gasteiger partial charge in [-0.25, -0.2) is 0 Å². The van der Waals surface area contributed by atoms with E-state index in [-0.39, 0.29) is 12.2 Å². The summed E-state index contributed by atoms with van der Waals surface area (Å²) in [4.78, 5) is 12.7. The zero-order chi connectivity index (χ0) is 14.3. The molecule has 0 spiro atoms. The molecule has 0 aliphatic rings. The molecule has 0 bridgehead atoms. The Labute approximate surface area is 114 Å². The van der Waals surface area contributed by atoms with Gasteiger partial charge in [0.1, 0.15) is 0 Å². The lowest BCUT2D eigenvalue weighted by atomic mass is 10.4. The Bertz CT molecular complexity index is 386. The highest BCUT2D eigenvalue weighted by atomic mass is 16.5. The third-order valence-electron chi connectivity index (χ3n) is 2.24. The molecule has 7 nitrogen and oxygen atoms in total. The van der Waals surface area contributed by atoms with Gasteiger partial charge in [-0.05, 0) is 27.7 Å². The predicted octanol–water partition coefficient (Wildman–Crippen LogP) is 1.54. The Morgan fingerprint density at radius 2 is 1.68 bits per heavy atom. The van der Waals surface area contributed by atoms with E-state index in [1.807, 2.05) is 27.7 Å². The van der Waals surface area contributed by atoms with Gasteiger partial charge in [-0.3, -0.25) is 0 Å². The van der Waals surface area contributed by atoms with E-state index in [1.54, 1.807) is 7.11 Å². The van der Waals surface area contributed by atoms with E-state index in [2.05, 4.69) is 25.6 Å². The van der Waals surface area contributed by atoms with Gasteiger partial charge < -0.3 is 20.1 Å². The molecule has 0 radical (unpaired) electrons. The average Bonchev–Trinajstić information content (AvgIpc) is 2.35. The third-order valence-corrected chi connectivity index (χ3v) is 2.24. The summed E-state index contributed by atoms with van der Waals surface area (Å²) < 4.78 is 10.7. The molecule has 1 heterocycles. The second kappa shape index (κ2) is 7.73. The maximum absolute atomic E-state index is 5.50. The summed E-state index contributed by atoms with van der Waals surface area (Å²) >= 11 is 0. The molecule has 7 heteroatoms. The molecule has 1 unspecified atom stereocenters. The Balaban J connectivity index is 2.79. The summed E-state index contributed by atoms with van der Waals surface area (Å²) in [6.45, 7) is 9.15. The first kappa shape index (κ1) is 15.4. The summed E-state index contributed by atoms with van der Waals surface area (Å²) in [6.07, 6.45) is 0.0939. The molecule has 0 aliphatic carbocycles. The van der Waals surface area contributed by atoms with Crippen LogP contribution in [0.4, 0.5) is 11.9 Å². The van der Waals surface area contributed by atoms with Crippen molar-refractivity contribution in [1.29, 1.82) is 0 Å². The molecule has 0 saturated carbocycles. The molecule has 108 valence electrons. The SMILES string of the molecule is CCNc1nc(NCC(C)OC)nc(OC(C)C)n1. The summed E-state index contributed by atoms with van der Waals surface area (Å²) in [5.74, 6) is 0.978. The maximum Gasteiger partial charge on any atom is 0.323 e. The van der Waals surface area contributed by atoms with Crippen molar-refractivity contribution in [3.8, 4) is 6.01 Å². The fourth-order valence-corrected chi connectivity index (χ4v) is 1.25. The minimum Gasteiger partial charge on any atom is -0.461 e. The number of nitrogens with zero attached hydrogens (tertiary/aromatic N) is 3. The highest BCUT2D eigenvalue weighted by Gasteiger charge is 2.09. The Morgan fingerprint density at radius 3 is 2.21 bits per heavy atom. The number of anilines is 2. The molecular formula is C12H23N5O2. The second-order valence-corrected chi connectivity index (χ2v) is 4.39. The van der Waals surface area contributed by atoms with Crippen LogP contribution in [0.25, 0.3) is 0 Å². The van der Waals surface area contributed by atoms with E-state index in [0.29, 0.717) is 24.5 Å². The van der Waals surface area contributed by atoms with Gasteiger partial charge in [-0.15, -0.1) is 0 Å². The summed E-state index contributed by atoms with van der Waals surface area (Å²) in [5.41, 5.74) is 0. The van der Waals surface area contributed by atoms with Crippen LogP contribution in [0.3, 0.4) is 0 Å². The molecule has 1 aromatic heterocycles. The molecule has 1 rings (SSSR count). The standard InChI is InChI=1S/C12H23N5O2/c1-6-13-10-15-11(14-7-9(4)18-5)17-12(16-10)19-8(2)3/h8-9H,6-7H2,1-5H3,(H2,13,14,15,16,17). The molecule has 1 atom stereocenters. The first-order valence-corrected chi connectivity index (χ1v) is 6.48. The normalized spacial score (nSPS) is 12.3. The Hall–Kier alpha value is -1.63. The monoisotopic (exact) mass is 269 g/mol. The molecule has 0 saturated heterocycles. The van der Waals surface area contributed by atoms with Crippen LogP contribution in [0.5, 0.6) is 6.01 Å². The first-order valence-electron chi connectivity index (χ1n) is 6.48. The summed E-state index contributed by atoms with van der Waals surface area (Å²) in [7, 11) is 1.66. The molecular weight excluding hydrogens is 246 g/mol. The van der Waals surface area contributed by atoms with Crippen LogP contribution in [0, 0.1) is 0 Å². The van der Waals surface area contributed by atoms with Crippen LogP contribution >= 0.6 is 0 Å². The van der Waals surface area contributed by atoms with Crippen molar-refractivity contribution >= 4 is 11.9 Å². The highest BCUT2D eigenvalue weighted by molar-refractivity contribution is 5.35. The van der Waals surface area contributed by atoms with Gasteiger partial charge in [0.15, 0.2) is 0 Å². The van der Waals surface area contributed by atoms with Crippen molar-refractivity contribution < 1.29 is 9.47 Å². The van der Waals surface area contributed by atoms with Gasteiger partial charge >= 0.3 is 6.01 Å². The lowest BCUT2D eigenvalue weighted by Gasteiger charge is -2.13. The Kier molecular flexibility index (Phi) is 6.27. The molecule has 0 aromatic carbocycles. The quantitative estimate of drug-likeness (QED) is 0.740. The van der Waals surface area contributed by atoms with Gasteiger partial charge in [0, 0.05) is 20.2 Å². The minimum absolute atomic E-state index is 0.0163. The van der Waals surface area contributed by atoms with Gasteiger partial charge in [0.2, 0.25) is 11.9 Å². The average molecular weight is 269 g/mol. The van der Waals surface area contributed by atoms with E-state index in [1.165, 1.54) is 0 Å². The third kappa shape index (κ3) is 5.69.